The van der Waals surface area contributed by atoms with E-state index in [4.69, 9.17) is 5.73 Å². The molecule has 0 aromatic heterocycles. The van der Waals surface area contributed by atoms with Crippen LogP contribution in [0.5, 0.6) is 0 Å². The van der Waals surface area contributed by atoms with Crippen molar-refractivity contribution in [2.75, 3.05) is 19.6 Å². The molecule has 0 radical (unpaired) electrons. The van der Waals surface area contributed by atoms with Gasteiger partial charge in [0.25, 0.3) is 0 Å². The molecule has 0 saturated carbocycles. The monoisotopic (exact) mass is 362 g/mol. The Bertz CT molecular complexity index is 821. The number of rotatable bonds is 4. The Morgan fingerprint density at radius 1 is 1.15 bits per heavy atom. The fraction of sp³-hybridized carbons (Fsp3) is 0.458. The maximum absolute atomic E-state index is 11.6. The number of amides is 1. The van der Waals surface area contributed by atoms with Crippen molar-refractivity contribution >= 4 is 5.91 Å². The van der Waals surface area contributed by atoms with Crippen molar-refractivity contribution in [1.29, 1.82) is 0 Å². The molecular weight excluding hydrogens is 332 g/mol. The minimum atomic E-state index is -0.341. The molecule has 0 spiro atoms. The van der Waals surface area contributed by atoms with Crippen molar-refractivity contribution in [3.63, 3.8) is 0 Å². The standard InChI is InChI=1S/C24H30N2O/c1-17-15-26(16-18-12-19-6-3-4-7-20(19)13-18)11-10-24(17,2)22-9-5-8-21(14-22)23(25)27/h3-9,14,17-18H,10-13,15-16H2,1-2H3,(H2,25,27). The molecule has 2 atom stereocenters. The van der Waals surface area contributed by atoms with Gasteiger partial charge in [0.1, 0.15) is 0 Å². The van der Waals surface area contributed by atoms with E-state index in [1.54, 1.807) is 11.1 Å². The Morgan fingerprint density at radius 2 is 1.85 bits per heavy atom. The van der Waals surface area contributed by atoms with Crippen LogP contribution in [0, 0.1) is 11.8 Å². The van der Waals surface area contributed by atoms with Gasteiger partial charge in [-0.1, -0.05) is 50.2 Å². The van der Waals surface area contributed by atoms with Crippen molar-refractivity contribution < 1.29 is 4.79 Å². The summed E-state index contributed by atoms with van der Waals surface area (Å²) in [4.78, 5) is 14.2. The van der Waals surface area contributed by atoms with E-state index in [0.717, 1.165) is 25.4 Å². The Hall–Kier alpha value is -2.13. The highest BCUT2D eigenvalue weighted by atomic mass is 16.1. The molecule has 2 aromatic carbocycles. The highest BCUT2D eigenvalue weighted by Crippen LogP contribution is 2.40. The fourth-order valence-electron chi connectivity index (χ4n) is 5.08. The average Bonchev–Trinajstić information content (AvgIpc) is 3.07. The van der Waals surface area contributed by atoms with E-state index in [0.29, 0.717) is 11.5 Å². The summed E-state index contributed by atoms with van der Waals surface area (Å²) in [5, 5.41) is 0. The van der Waals surface area contributed by atoms with Crippen LogP contribution in [0.15, 0.2) is 48.5 Å². The summed E-state index contributed by atoms with van der Waals surface area (Å²) in [6.07, 6.45) is 3.56. The summed E-state index contributed by atoms with van der Waals surface area (Å²) in [5.41, 5.74) is 10.5. The molecule has 1 fully saturated rings. The average molecular weight is 363 g/mol. The third-order valence-corrected chi connectivity index (χ3v) is 7.03. The van der Waals surface area contributed by atoms with Gasteiger partial charge in [0, 0.05) is 18.7 Å². The van der Waals surface area contributed by atoms with Crippen LogP contribution in [-0.2, 0) is 18.3 Å². The van der Waals surface area contributed by atoms with Crippen LogP contribution in [0.1, 0.15) is 47.3 Å². The predicted octanol–water partition coefficient (Wildman–Crippen LogP) is 3.80. The molecule has 2 N–H and O–H groups in total. The lowest BCUT2D eigenvalue weighted by Gasteiger charge is -2.45. The third-order valence-electron chi connectivity index (χ3n) is 7.03. The van der Waals surface area contributed by atoms with Crippen molar-refractivity contribution in [2.45, 2.75) is 38.5 Å². The van der Waals surface area contributed by atoms with Gasteiger partial charge in [-0.15, -0.1) is 0 Å². The number of hydrogen-bond acceptors (Lipinski definition) is 2. The first kappa shape index (κ1) is 18.2. The molecule has 1 saturated heterocycles. The first-order chi connectivity index (χ1) is 13.0. The van der Waals surface area contributed by atoms with Gasteiger partial charge in [-0.25, -0.2) is 0 Å². The molecule has 1 heterocycles. The number of piperidine rings is 1. The fourth-order valence-corrected chi connectivity index (χ4v) is 5.08. The highest BCUT2D eigenvalue weighted by Gasteiger charge is 2.39. The Balaban J connectivity index is 1.42. The van der Waals surface area contributed by atoms with E-state index < -0.39 is 0 Å². The van der Waals surface area contributed by atoms with E-state index >= 15 is 0 Å². The number of likely N-dealkylation sites (tertiary alicyclic amines) is 1. The Morgan fingerprint density at radius 3 is 2.48 bits per heavy atom. The second kappa shape index (κ2) is 7.12. The lowest BCUT2D eigenvalue weighted by molar-refractivity contribution is 0.0970. The molecule has 1 aliphatic heterocycles. The van der Waals surface area contributed by atoms with E-state index in [1.807, 2.05) is 18.2 Å². The van der Waals surface area contributed by atoms with Gasteiger partial charge in [0.15, 0.2) is 0 Å². The van der Waals surface area contributed by atoms with Crippen molar-refractivity contribution in [3.8, 4) is 0 Å². The topological polar surface area (TPSA) is 46.3 Å². The van der Waals surface area contributed by atoms with Crippen LogP contribution in [0.25, 0.3) is 0 Å². The minimum absolute atomic E-state index is 0.0978. The SMILES string of the molecule is CC1CN(CC2Cc3ccccc3C2)CCC1(C)c1cccc(C(N)=O)c1. The molecule has 3 heteroatoms. The molecule has 3 nitrogen and oxygen atoms in total. The zero-order chi connectivity index (χ0) is 19.0. The van der Waals surface area contributed by atoms with Crippen LogP contribution in [-0.4, -0.2) is 30.4 Å². The summed E-state index contributed by atoms with van der Waals surface area (Å²) in [6, 6.07) is 16.8. The molecule has 4 rings (SSSR count). The summed E-state index contributed by atoms with van der Waals surface area (Å²) < 4.78 is 0. The van der Waals surface area contributed by atoms with E-state index in [1.165, 1.54) is 24.9 Å². The van der Waals surface area contributed by atoms with Gasteiger partial charge in [-0.3, -0.25) is 4.79 Å². The molecule has 2 unspecified atom stereocenters. The van der Waals surface area contributed by atoms with E-state index in [9.17, 15) is 4.79 Å². The summed E-state index contributed by atoms with van der Waals surface area (Å²) >= 11 is 0. The van der Waals surface area contributed by atoms with Crippen molar-refractivity contribution in [2.24, 2.45) is 17.6 Å². The maximum atomic E-state index is 11.6. The third kappa shape index (κ3) is 3.53. The maximum Gasteiger partial charge on any atom is 0.248 e. The summed E-state index contributed by atoms with van der Waals surface area (Å²) in [6.45, 7) is 8.13. The highest BCUT2D eigenvalue weighted by molar-refractivity contribution is 5.92. The summed E-state index contributed by atoms with van der Waals surface area (Å²) in [7, 11) is 0. The van der Waals surface area contributed by atoms with Crippen molar-refractivity contribution in [3.05, 3.63) is 70.8 Å². The second-order valence-corrected chi connectivity index (χ2v) is 8.82. The molecule has 1 amide bonds. The van der Waals surface area contributed by atoms with E-state index in [-0.39, 0.29) is 11.3 Å². The van der Waals surface area contributed by atoms with Gasteiger partial charge < -0.3 is 10.6 Å². The van der Waals surface area contributed by atoms with Gasteiger partial charge in [0.05, 0.1) is 0 Å². The first-order valence-electron chi connectivity index (χ1n) is 10.1. The van der Waals surface area contributed by atoms with Crippen LogP contribution >= 0.6 is 0 Å². The van der Waals surface area contributed by atoms with Crippen LogP contribution in [0.2, 0.25) is 0 Å². The molecule has 2 aliphatic rings. The number of primary amides is 1. The zero-order valence-corrected chi connectivity index (χ0v) is 16.4. The van der Waals surface area contributed by atoms with Gasteiger partial charge in [-0.2, -0.15) is 0 Å². The molecule has 1 aliphatic carbocycles. The number of benzene rings is 2. The lowest BCUT2D eigenvalue weighted by atomic mass is 9.67. The number of fused-ring (bicyclic) bond motifs is 1. The number of carbonyl (C=O) groups is 1. The number of carbonyl (C=O) groups excluding carboxylic acids is 1. The molecule has 2 aromatic rings. The van der Waals surface area contributed by atoms with Crippen LogP contribution < -0.4 is 5.73 Å². The number of nitrogens with zero attached hydrogens (tertiary/aromatic N) is 1. The number of nitrogens with two attached hydrogens (primary N) is 1. The van der Waals surface area contributed by atoms with Gasteiger partial charge in [0.2, 0.25) is 5.91 Å². The zero-order valence-electron chi connectivity index (χ0n) is 16.4. The molecular formula is C24H30N2O. The quantitative estimate of drug-likeness (QED) is 0.899. The van der Waals surface area contributed by atoms with E-state index in [2.05, 4.69) is 49.1 Å². The Kier molecular flexibility index (Phi) is 4.81. The molecule has 0 bridgehead atoms. The molecule has 27 heavy (non-hydrogen) atoms. The Labute approximate surface area is 162 Å². The number of hydrogen-bond donors (Lipinski definition) is 1. The normalized spacial score (nSPS) is 26.1. The smallest absolute Gasteiger partial charge is 0.248 e. The largest absolute Gasteiger partial charge is 0.366 e. The lowest BCUT2D eigenvalue weighted by Crippen LogP contribution is -2.48. The van der Waals surface area contributed by atoms with Crippen LogP contribution in [0.4, 0.5) is 0 Å². The predicted molar refractivity (Wildman–Crippen MR) is 110 cm³/mol. The van der Waals surface area contributed by atoms with Gasteiger partial charge in [-0.05, 0) is 71.9 Å². The molecule has 142 valence electrons. The van der Waals surface area contributed by atoms with Gasteiger partial charge >= 0.3 is 0 Å². The van der Waals surface area contributed by atoms with Crippen LogP contribution in [0.3, 0.4) is 0 Å². The minimum Gasteiger partial charge on any atom is -0.366 e. The van der Waals surface area contributed by atoms with Crippen molar-refractivity contribution in [1.82, 2.24) is 4.90 Å². The second-order valence-electron chi connectivity index (χ2n) is 8.82. The first-order valence-corrected chi connectivity index (χ1v) is 10.1. The summed E-state index contributed by atoms with van der Waals surface area (Å²) in [5.74, 6) is 0.946.